The topological polar surface area (TPSA) is 32.9 Å². The van der Waals surface area contributed by atoms with E-state index in [-0.39, 0.29) is 5.43 Å². The first-order chi connectivity index (χ1) is 7.31. The Hall–Kier alpha value is -1.72. The van der Waals surface area contributed by atoms with E-state index in [1.807, 2.05) is 12.1 Å². The summed E-state index contributed by atoms with van der Waals surface area (Å²) in [6.45, 7) is 0. The number of benzene rings is 1. The first-order valence-corrected chi connectivity index (χ1v) is 5.01. The number of hydrogen-bond acceptors (Lipinski definition) is 1. The summed E-state index contributed by atoms with van der Waals surface area (Å²) >= 11 is 5.46. The molecule has 1 aromatic heterocycles. The van der Waals surface area contributed by atoms with E-state index in [9.17, 15) is 4.79 Å². The van der Waals surface area contributed by atoms with Crippen molar-refractivity contribution in [3.05, 3.63) is 46.2 Å². The van der Waals surface area contributed by atoms with Crippen LogP contribution in [0.2, 0.25) is 0 Å². The van der Waals surface area contributed by atoms with Crippen molar-refractivity contribution in [1.29, 1.82) is 0 Å². The Bertz CT molecular complexity index is 604. The average molecular weight is 218 g/mol. The number of H-pyrrole nitrogens is 1. The summed E-state index contributed by atoms with van der Waals surface area (Å²) in [6.07, 6.45) is 1.63. The third-order valence-electron chi connectivity index (χ3n) is 2.06. The molecule has 0 aliphatic heterocycles. The molecular formula is C12H8ClNO. The molecule has 0 amide bonds. The number of pyridine rings is 1. The molecule has 3 heteroatoms. The van der Waals surface area contributed by atoms with Crippen molar-refractivity contribution in [2.75, 3.05) is 5.88 Å². The third kappa shape index (κ3) is 2.03. The first-order valence-electron chi connectivity index (χ1n) is 4.47. The predicted octanol–water partition coefficient (Wildman–Crippen LogP) is 2.12. The highest BCUT2D eigenvalue weighted by Crippen LogP contribution is 2.08. The number of fused-ring (bicyclic) bond motifs is 1. The summed E-state index contributed by atoms with van der Waals surface area (Å²) in [5, 5.41) is 0.675. The van der Waals surface area contributed by atoms with Crippen LogP contribution >= 0.6 is 11.6 Å². The summed E-state index contributed by atoms with van der Waals surface area (Å²) in [7, 11) is 0. The summed E-state index contributed by atoms with van der Waals surface area (Å²) < 4.78 is 0. The lowest BCUT2D eigenvalue weighted by molar-refractivity contribution is 1.39. The highest BCUT2D eigenvalue weighted by molar-refractivity contribution is 6.19. The Balaban J connectivity index is 2.62. The second-order valence-corrected chi connectivity index (χ2v) is 3.30. The Morgan fingerprint density at radius 2 is 2.20 bits per heavy atom. The molecular weight excluding hydrogens is 210 g/mol. The molecule has 0 bridgehead atoms. The molecule has 2 nitrogen and oxygen atoms in total. The fourth-order valence-corrected chi connectivity index (χ4v) is 1.46. The van der Waals surface area contributed by atoms with Crippen LogP contribution in [0.15, 0.2) is 35.3 Å². The van der Waals surface area contributed by atoms with Crippen molar-refractivity contribution in [2.24, 2.45) is 0 Å². The van der Waals surface area contributed by atoms with Gasteiger partial charge in [0, 0.05) is 23.2 Å². The molecule has 2 rings (SSSR count). The van der Waals surface area contributed by atoms with Crippen molar-refractivity contribution in [3.8, 4) is 11.8 Å². The average Bonchev–Trinajstić information content (AvgIpc) is 2.26. The zero-order valence-corrected chi connectivity index (χ0v) is 8.64. The molecule has 0 aliphatic rings. The lowest BCUT2D eigenvalue weighted by Crippen LogP contribution is -1.99. The van der Waals surface area contributed by atoms with Gasteiger partial charge in [0.05, 0.1) is 11.4 Å². The summed E-state index contributed by atoms with van der Waals surface area (Å²) in [5.41, 5.74) is 1.66. The molecule has 15 heavy (non-hydrogen) atoms. The van der Waals surface area contributed by atoms with Crippen LogP contribution in [0.4, 0.5) is 0 Å². The van der Waals surface area contributed by atoms with Gasteiger partial charge in [0.2, 0.25) is 0 Å². The number of halogens is 1. The van der Waals surface area contributed by atoms with Gasteiger partial charge in [-0.05, 0) is 18.2 Å². The van der Waals surface area contributed by atoms with Crippen LogP contribution in [0, 0.1) is 11.8 Å². The smallest absolute Gasteiger partial charge is 0.189 e. The molecule has 2 aromatic rings. The highest BCUT2D eigenvalue weighted by atomic mass is 35.5. The van der Waals surface area contributed by atoms with Crippen LogP contribution in [-0.4, -0.2) is 10.9 Å². The number of aromatic amines is 1. The van der Waals surface area contributed by atoms with Crippen molar-refractivity contribution >= 4 is 22.5 Å². The third-order valence-corrected chi connectivity index (χ3v) is 2.19. The SMILES string of the molecule is O=c1cc[nH]c2cc(C#CCCl)ccc12. The van der Waals surface area contributed by atoms with E-state index >= 15 is 0 Å². The molecule has 74 valence electrons. The minimum absolute atomic E-state index is 0.0144. The van der Waals surface area contributed by atoms with Crippen molar-refractivity contribution in [1.82, 2.24) is 4.98 Å². The van der Waals surface area contributed by atoms with Gasteiger partial charge in [-0.2, -0.15) is 0 Å². The molecule has 1 heterocycles. The van der Waals surface area contributed by atoms with Gasteiger partial charge in [-0.1, -0.05) is 11.8 Å². The molecule has 0 radical (unpaired) electrons. The quantitative estimate of drug-likeness (QED) is 0.532. The number of hydrogen-bond donors (Lipinski definition) is 1. The van der Waals surface area contributed by atoms with Crippen LogP contribution in [0.25, 0.3) is 10.9 Å². The van der Waals surface area contributed by atoms with E-state index in [1.54, 1.807) is 12.3 Å². The monoisotopic (exact) mass is 217 g/mol. The fraction of sp³-hybridized carbons (Fsp3) is 0.0833. The summed E-state index contributed by atoms with van der Waals surface area (Å²) in [4.78, 5) is 14.4. The van der Waals surface area contributed by atoms with E-state index in [4.69, 9.17) is 11.6 Å². The second-order valence-electron chi connectivity index (χ2n) is 3.04. The minimum atomic E-state index is 0.0144. The van der Waals surface area contributed by atoms with E-state index in [0.29, 0.717) is 11.3 Å². The minimum Gasteiger partial charge on any atom is -0.361 e. The summed E-state index contributed by atoms with van der Waals surface area (Å²) in [6, 6.07) is 6.94. The van der Waals surface area contributed by atoms with Crippen LogP contribution in [0.3, 0.4) is 0 Å². The van der Waals surface area contributed by atoms with E-state index < -0.39 is 0 Å². The second kappa shape index (κ2) is 4.20. The van der Waals surface area contributed by atoms with Crippen LogP contribution in [0.5, 0.6) is 0 Å². The first kappa shape index (κ1) is 9.82. The number of alkyl halides is 1. The zero-order valence-electron chi connectivity index (χ0n) is 7.88. The van der Waals surface area contributed by atoms with Crippen molar-refractivity contribution in [3.63, 3.8) is 0 Å². The van der Waals surface area contributed by atoms with Crippen LogP contribution in [0.1, 0.15) is 5.56 Å². The Labute approximate surface area is 91.9 Å². The van der Waals surface area contributed by atoms with Crippen LogP contribution < -0.4 is 5.43 Å². The van der Waals surface area contributed by atoms with E-state index in [1.165, 1.54) is 6.07 Å². The molecule has 0 unspecified atom stereocenters. The molecule has 0 atom stereocenters. The molecule has 0 fully saturated rings. The Kier molecular flexibility index (Phi) is 2.75. The zero-order chi connectivity index (χ0) is 10.7. The highest BCUT2D eigenvalue weighted by Gasteiger charge is 1.97. The largest absolute Gasteiger partial charge is 0.361 e. The lowest BCUT2D eigenvalue weighted by atomic mass is 10.1. The molecule has 0 saturated carbocycles. The number of aromatic nitrogens is 1. The van der Waals surface area contributed by atoms with Crippen molar-refractivity contribution in [2.45, 2.75) is 0 Å². The van der Waals surface area contributed by atoms with Crippen LogP contribution in [-0.2, 0) is 0 Å². The predicted molar refractivity (Wildman–Crippen MR) is 62.2 cm³/mol. The Morgan fingerprint density at radius 3 is 3.00 bits per heavy atom. The molecule has 1 N–H and O–H groups in total. The lowest BCUT2D eigenvalue weighted by Gasteiger charge is -1.96. The normalized spacial score (nSPS) is 9.67. The molecule has 0 aliphatic carbocycles. The standard InChI is InChI=1S/C12H8ClNO/c13-6-1-2-9-3-4-10-11(8-9)14-7-5-12(10)15/h3-5,7-8H,6H2,(H,14,15). The fourth-order valence-electron chi connectivity index (χ4n) is 1.39. The van der Waals surface area contributed by atoms with Gasteiger partial charge >= 0.3 is 0 Å². The van der Waals surface area contributed by atoms with Crippen molar-refractivity contribution < 1.29 is 0 Å². The molecule has 1 aromatic carbocycles. The summed E-state index contributed by atoms with van der Waals surface area (Å²) in [5.74, 6) is 5.98. The van der Waals surface area contributed by atoms with Gasteiger partial charge in [0.25, 0.3) is 0 Å². The van der Waals surface area contributed by atoms with Gasteiger partial charge in [-0.25, -0.2) is 0 Å². The number of nitrogens with one attached hydrogen (secondary N) is 1. The van der Waals surface area contributed by atoms with Gasteiger partial charge in [-0.3, -0.25) is 4.79 Å². The number of rotatable bonds is 0. The van der Waals surface area contributed by atoms with Gasteiger partial charge < -0.3 is 4.98 Å². The van der Waals surface area contributed by atoms with E-state index in [0.717, 1.165) is 11.1 Å². The molecule has 0 spiro atoms. The van der Waals surface area contributed by atoms with E-state index in [2.05, 4.69) is 16.8 Å². The van der Waals surface area contributed by atoms with Gasteiger partial charge in [0.1, 0.15) is 0 Å². The maximum atomic E-state index is 11.4. The van der Waals surface area contributed by atoms with Gasteiger partial charge in [0.15, 0.2) is 5.43 Å². The maximum absolute atomic E-state index is 11.4. The van der Waals surface area contributed by atoms with Gasteiger partial charge in [-0.15, -0.1) is 11.6 Å². The Morgan fingerprint density at radius 1 is 1.33 bits per heavy atom. The molecule has 0 saturated heterocycles. The maximum Gasteiger partial charge on any atom is 0.189 e.